The fourth-order valence-corrected chi connectivity index (χ4v) is 4.53. The molecule has 1 aromatic carbocycles. The molecule has 0 saturated heterocycles. The Balaban J connectivity index is 1.83. The van der Waals surface area contributed by atoms with Crippen LogP contribution in [0.1, 0.15) is 52.0 Å². The highest BCUT2D eigenvalue weighted by atomic mass is 16.2. The zero-order valence-electron chi connectivity index (χ0n) is 19.1. The highest BCUT2D eigenvalue weighted by Crippen LogP contribution is 2.32. The van der Waals surface area contributed by atoms with Gasteiger partial charge in [0.1, 0.15) is 0 Å². The fourth-order valence-electron chi connectivity index (χ4n) is 4.53. The average molecular weight is 424 g/mol. The monoisotopic (exact) mass is 423 g/mol. The molecular formula is C24H33N5O2. The Morgan fingerprint density at radius 1 is 1.03 bits per heavy atom. The Kier molecular flexibility index (Phi) is 6.03. The van der Waals surface area contributed by atoms with Crippen molar-refractivity contribution in [2.45, 2.75) is 66.0 Å². The lowest BCUT2D eigenvalue weighted by Gasteiger charge is -2.33. The van der Waals surface area contributed by atoms with Crippen LogP contribution in [0.25, 0.3) is 11.2 Å². The van der Waals surface area contributed by atoms with Crippen LogP contribution >= 0.6 is 0 Å². The van der Waals surface area contributed by atoms with Crippen molar-refractivity contribution in [2.75, 3.05) is 11.4 Å². The number of hydrogen-bond donors (Lipinski definition) is 0. The third-order valence-corrected chi connectivity index (χ3v) is 6.33. The quantitative estimate of drug-likeness (QED) is 0.542. The highest BCUT2D eigenvalue weighted by molar-refractivity contribution is 5.77. The predicted octanol–water partition coefficient (Wildman–Crippen LogP) is 3.83. The smallest absolute Gasteiger partial charge is 0.312 e. The van der Waals surface area contributed by atoms with Crippen molar-refractivity contribution in [2.24, 2.45) is 13.0 Å². The summed E-state index contributed by atoms with van der Waals surface area (Å²) in [4.78, 5) is 33.3. The number of fused-ring (bicyclic) bond motifs is 3. The van der Waals surface area contributed by atoms with Gasteiger partial charge >= 0.3 is 5.69 Å². The molecule has 1 aliphatic rings. The molecule has 0 unspecified atom stereocenters. The van der Waals surface area contributed by atoms with Crippen LogP contribution in [0.3, 0.4) is 0 Å². The number of unbranched alkanes of at least 4 members (excludes halogenated alkanes) is 3. The molecule has 0 saturated carbocycles. The van der Waals surface area contributed by atoms with Gasteiger partial charge in [-0.3, -0.25) is 13.9 Å². The van der Waals surface area contributed by atoms with Gasteiger partial charge in [0.15, 0.2) is 11.2 Å². The van der Waals surface area contributed by atoms with Gasteiger partial charge in [0.25, 0.3) is 5.56 Å². The molecule has 0 spiro atoms. The Bertz CT molecular complexity index is 1190. The minimum Gasteiger partial charge on any atom is -0.312 e. The van der Waals surface area contributed by atoms with Gasteiger partial charge < -0.3 is 9.47 Å². The normalized spacial score (nSPS) is 16.1. The second kappa shape index (κ2) is 8.73. The Labute approximate surface area is 182 Å². The first kappa shape index (κ1) is 21.4. The van der Waals surface area contributed by atoms with Crippen molar-refractivity contribution >= 4 is 22.8 Å². The maximum absolute atomic E-state index is 13.4. The zero-order valence-corrected chi connectivity index (χ0v) is 19.1. The van der Waals surface area contributed by atoms with Gasteiger partial charge in [-0.15, -0.1) is 0 Å². The topological polar surface area (TPSA) is 65.1 Å². The molecule has 2 aromatic heterocycles. The summed E-state index contributed by atoms with van der Waals surface area (Å²) in [5, 5.41) is 0. The molecule has 4 rings (SSSR count). The minimum absolute atomic E-state index is 0.219. The van der Waals surface area contributed by atoms with Crippen molar-refractivity contribution in [1.29, 1.82) is 0 Å². The molecule has 0 fully saturated rings. The Morgan fingerprint density at radius 3 is 2.45 bits per heavy atom. The summed E-state index contributed by atoms with van der Waals surface area (Å²) >= 11 is 0. The molecule has 3 aromatic rings. The molecule has 7 nitrogen and oxygen atoms in total. The summed E-state index contributed by atoms with van der Waals surface area (Å²) in [6, 6.07) is 8.51. The van der Waals surface area contributed by atoms with E-state index in [-0.39, 0.29) is 11.2 Å². The summed E-state index contributed by atoms with van der Waals surface area (Å²) in [7, 11) is 1.72. The maximum atomic E-state index is 13.4. The number of rotatable bonds is 7. The van der Waals surface area contributed by atoms with Gasteiger partial charge in [-0.2, -0.15) is 4.98 Å². The number of hydrogen-bond acceptors (Lipinski definition) is 4. The first-order valence-electron chi connectivity index (χ1n) is 11.5. The molecule has 0 aliphatic carbocycles. The molecule has 1 atom stereocenters. The van der Waals surface area contributed by atoms with E-state index in [1.807, 2.05) is 4.57 Å². The van der Waals surface area contributed by atoms with E-state index in [0.717, 1.165) is 56.8 Å². The van der Waals surface area contributed by atoms with Crippen molar-refractivity contribution in [3.8, 4) is 0 Å². The summed E-state index contributed by atoms with van der Waals surface area (Å²) in [6.07, 6.45) is 5.09. The summed E-state index contributed by atoms with van der Waals surface area (Å²) in [6.45, 7) is 8.49. The molecule has 166 valence electrons. The molecule has 3 heterocycles. The Morgan fingerprint density at radius 2 is 1.77 bits per heavy atom. The van der Waals surface area contributed by atoms with E-state index in [2.05, 4.69) is 49.9 Å². The number of benzene rings is 1. The largest absolute Gasteiger partial charge is 0.332 e. The van der Waals surface area contributed by atoms with Gasteiger partial charge in [0.05, 0.1) is 0 Å². The lowest BCUT2D eigenvalue weighted by Crippen LogP contribution is -2.40. The summed E-state index contributed by atoms with van der Waals surface area (Å²) in [5.74, 6) is 1.10. The van der Waals surface area contributed by atoms with E-state index in [4.69, 9.17) is 4.98 Å². The van der Waals surface area contributed by atoms with E-state index in [1.165, 1.54) is 14.7 Å². The number of aromatic nitrogens is 4. The zero-order chi connectivity index (χ0) is 22.1. The van der Waals surface area contributed by atoms with Crippen LogP contribution in [0.4, 0.5) is 11.6 Å². The number of anilines is 2. The van der Waals surface area contributed by atoms with Gasteiger partial charge in [0.2, 0.25) is 5.95 Å². The van der Waals surface area contributed by atoms with E-state index in [0.29, 0.717) is 23.6 Å². The number of nitrogens with zero attached hydrogens (tertiary/aromatic N) is 5. The van der Waals surface area contributed by atoms with Crippen molar-refractivity contribution in [1.82, 2.24) is 18.7 Å². The van der Waals surface area contributed by atoms with Crippen molar-refractivity contribution in [3.05, 3.63) is 50.7 Å². The fraction of sp³-hybridized carbons (Fsp3) is 0.542. The number of aryl methyl sites for hydroxylation is 2. The van der Waals surface area contributed by atoms with Gasteiger partial charge in [-0.1, -0.05) is 52.2 Å². The third-order valence-electron chi connectivity index (χ3n) is 6.33. The van der Waals surface area contributed by atoms with Crippen LogP contribution in [-0.2, 0) is 26.6 Å². The first-order chi connectivity index (χ1) is 15.0. The lowest BCUT2D eigenvalue weighted by molar-refractivity contribution is 0.457. The molecule has 0 radical (unpaired) electrons. The van der Waals surface area contributed by atoms with E-state index in [1.54, 1.807) is 7.05 Å². The standard InChI is InChI=1S/C24H33N5O2/c1-5-7-8-9-14-27-22(30)20-21(26(4)24(27)31)25-23-28(15-17(3)16-29(20)23)19-12-10-18(6-2)11-13-19/h10-13,17H,5-9,14-16H2,1-4H3/t17-/m0/s1. The van der Waals surface area contributed by atoms with Crippen LogP contribution in [0.2, 0.25) is 0 Å². The van der Waals surface area contributed by atoms with Crippen LogP contribution in [0.15, 0.2) is 33.9 Å². The molecular weight excluding hydrogens is 390 g/mol. The van der Waals surface area contributed by atoms with Gasteiger partial charge in [-0.25, -0.2) is 4.79 Å². The molecule has 7 heteroatoms. The number of imidazole rings is 1. The van der Waals surface area contributed by atoms with Crippen LogP contribution in [0, 0.1) is 5.92 Å². The van der Waals surface area contributed by atoms with E-state index >= 15 is 0 Å². The third kappa shape index (κ3) is 3.82. The molecule has 0 N–H and O–H groups in total. The summed E-state index contributed by atoms with van der Waals surface area (Å²) < 4.78 is 4.94. The summed E-state index contributed by atoms with van der Waals surface area (Å²) in [5.41, 5.74) is 2.86. The van der Waals surface area contributed by atoms with Gasteiger partial charge in [0, 0.05) is 32.4 Å². The van der Waals surface area contributed by atoms with E-state index in [9.17, 15) is 9.59 Å². The Hall–Kier alpha value is -2.83. The maximum Gasteiger partial charge on any atom is 0.332 e. The van der Waals surface area contributed by atoms with Crippen LogP contribution < -0.4 is 16.1 Å². The predicted molar refractivity (Wildman–Crippen MR) is 125 cm³/mol. The average Bonchev–Trinajstić information content (AvgIpc) is 3.16. The molecule has 31 heavy (non-hydrogen) atoms. The second-order valence-corrected chi connectivity index (χ2v) is 8.79. The van der Waals surface area contributed by atoms with Crippen LogP contribution in [0.5, 0.6) is 0 Å². The van der Waals surface area contributed by atoms with Gasteiger partial charge in [-0.05, 0) is 36.5 Å². The lowest BCUT2D eigenvalue weighted by atomic mass is 10.1. The molecule has 0 amide bonds. The SMILES string of the molecule is CCCCCCn1c(=O)c2c(nc3n2C[C@@H](C)CN3c2ccc(CC)cc2)n(C)c1=O. The molecule has 1 aliphatic heterocycles. The molecule has 0 bridgehead atoms. The minimum atomic E-state index is -0.281. The highest BCUT2D eigenvalue weighted by Gasteiger charge is 2.29. The van der Waals surface area contributed by atoms with Crippen molar-refractivity contribution in [3.63, 3.8) is 0 Å². The van der Waals surface area contributed by atoms with Crippen molar-refractivity contribution < 1.29 is 0 Å². The first-order valence-corrected chi connectivity index (χ1v) is 11.5. The van der Waals surface area contributed by atoms with E-state index < -0.39 is 0 Å². The second-order valence-electron chi connectivity index (χ2n) is 8.79. The van der Waals surface area contributed by atoms with Crippen LogP contribution in [-0.4, -0.2) is 25.2 Å².